The normalized spacial score (nSPS) is 22.5. The second-order valence-electron chi connectivity index (χ2n) is 7.57. The van der Waals surface area contributed by atoms with Crippen LogP contribution >= 0.6 is 15.9 Å². The maximum absolute atomic E-state index is 13.5. The van der Waals surface area contributed by atoms with Gasteiger partial charge < -0.3 is 14.5 Å². The lowest BCUT2D eigenvalue weighted by Crippen LogP contribution is -2.48. The third kappa shape index (κ3) is 5.19. The summed E-state index contributed by atoms with van der Waals surface area (Å²) in [4.78, 5) is 16.1. The Morgan fingerprint density at radius 3 is 2.77 bits per heavy atom. The van der Waals surface area contributed by atoms with E-state index in [1.165, 1.54) is 6.07 Å². The van der Waals surface area contributed by atoms with Gasteiger partial charge in [0.25, 0.3) is 0 Å². The largest absolute Gasteiger partial charge is 0.449 e. The van der Waals surface area contributed by atoms with Crippen molar-refractivity contribution < 1.29 is 13.9 Å². The van der Waals surface area contributed by atoms with E-state index in [4.69, 9.17) is 4.74 Å². The molecule has 26 heavy (non-hydrogen) atoms. The zero-order chi connectivity index (χ0) is 18.5. The van der Waals surface area contributed by atoms with Crippen LogP contribution in [0.15, 0.2) is 22.7 Å². The third-order valence-corrected chi connectivity index (χ3v) is 6.19. The highest BCUT2D eigenvalue weighted by molar-refractivity contribution is 9.10. The fourth-order valence-corrected chi connectivity index (χ4v) is 4.44. The molecule has 0 spiro atoms. The van der Waals surface area contributed by atoms with E-state index >= 15 is 0 Å². The van der Waals surface area contributed by atoms with Gasteiger partial charge in [-0.3, -0.25) is 0 Å². The smallest absolute Gasteiger partial charge is 0.409 e. The Labute approximate surface area is 163 Å². The van der Waals surface area contributed by atoms with Gasteiger partial charge in [0, 0.05) is 30.0 Å². The van der Waals surface area contributed by atoms with Crippen LogP contribution in [0.2, 0.25) is 0 Å². The predicted octanol–water partition coefficient (Wildman–Crippen LogP) is 4.32. The molecule has 3 rings (SSSR count). The lowest BCUT2D eigenvalue weighted by atomic mass is 9.89. The summed E-state index contributed by atoms with van der Waals surface area (Å²) in [5.74, 6) is 0.836. The Morgan fingerprint density at radius 1 is 1.27 bits per heavy atom. The summed E-state index contributed by atoms with van der Waals surface area (Å²) >= 11 is 3.53. The van der Waals surface area contributed by atoms with Crippen molar-refractivity contribution in [3.63, 3.8) is 0 Å². The Bertz CT molecular complexity index is 620. The van der Waals surface area contributed by atoms with Gasteiger partial charge in [0.1, 0.15) is 5.82 Å². The molecule has 1 aromatic rings. The minimum absolute atomic E-state index is 0.163. The van der Waals surface area contributed by atoms with Gasteiger partial charge in [-0.05, 0) is 68.5 Å². The van der Waals surface area contributed by atoms with Crippen molar-refractivity contribution in [2.75, 3.05) is 39.3 Å². The average molecular weight is 427 g/mol. The molecule has 0 aromatic heterocycles. The van der Waals surface area contributed by atoms with Gasteiger partial charge in [-0.1, -0.05) is 22.9 Å². The first-order valence-electron chi connectivity index (χ1n) is 9.63. The summed E-state index contributed by atoms with van der Waals surface area (Å²) in [7, 11) is 0. The number of piperidine rings is 1. The molecule has 0 N–H and O–H groups in total. The minimum Gasteiger partial charge on any atom is -0.449 e. The van der Waals surface area contributed by atoms with Crippen LogP contribution in [0.25, 0.3) is 0 Å². The number of halogens is 2. The monoisotopic (exact) mass is 426 g/mol. The molecule has 2 saturated heterocycles. The molecule has 4 nitrogen and oxygen atoms in total. The van der Waals surface area contributed by atoms with E-state index in [-0.39, 0.29) is 11.9 Å². The maximum Gasteiger partial charge on any atom is 0.409 e. The first kappa shape index (κ1) is 19.6. The predicted molar refractivity (Wildman–Crippen MR) is 104 cm³/mol. The lowest BCUT2D eigenvalue weighted by molar-refractivity contribution is 0.0269. The van der Waals surface area contributed by atoms with Gasteiger partial charge in [0.05, 0.1) is 6.61 Å². The highest BCUT2D eigenvalue weighted by atomic mass is 79.9. The SMILES string of the molecule is CCCN1CC(CN2CCC(Cc3cc(F)ccc3Br)CC2)COC1=O. The number of cyclic esters (lactones) is 1. The van der Waals surface area contributed by atoms with Crippen molar-refractivity contribution >= 4 is 22.0 Å². The fourth-order valence-electron chi connectivity index (χ4n) is 4.03. The van der Waals surface area contributed by atoms with Gasteiger partial charge in [-0.15, -0.1) is 0 Å². The number of benzene rings is 1. The van der Waals surface area contributed by atoms with Gasteiger partial charge in [0.15, 0.2) is 0 Å². The van der Waals surface area contributed by atoms with Crippen LogP contribution in [-0.2, 0) is 11.2 Å². The number of likely N-dealkylation sites (tertiary alicyclic amines) is 1. The van der Waals surface area contributed by atoms with E-state index in [0.29, 0.717) is 18.4 Å². The summed E-state index contributed by atoms with van der Waals surface area (Å²) in [6, 6.07) is 4.94. The first-order valence-corrected chi connectivity index (χ1v) is 10.4. The van der Waals surface area contributed by atoms with E-state index in [1.54, 1.807) is 12.1 Å². The fraction of sp³-hybridized carbons (Fsp3) is 0.650. The molecule has 0 aliphatic carbocycles. The Morgan fingerprint density at radius 2 is 2.04 bits per heavy atom. The summed E-state index contributed by atoms with van der Waals surface area (Å²) in [6.45, 7) is 7.33. The van der Waals surface area contributed by atoms with Gasteiger partial charge >= 0.3 is 6.09 Å². The standard InChI is InChI=1S/C20H28BrFN2O2/c1-2-7-24-13-16(14-26-20(24)25)12-23-8-5-15(6-9-23)10-17-11-18(22)3-4-19(17)21/h3-4,11,15-16H,2,5-10,12-14H2,1H3. The summed E-state index contributed by atoms with van der Waals surface area (Å²) in [5.41, 5.74) is 1.07. The van der Waals surface area contributed by atoms with Crippen LogP contribution in [0.4, 0.5) is 9.18 Å². The van der Waals surface area contributed by atoms with E-state index in [2.05, 4.69) is 27.8 Å². The molecule has 144 valence electrons. The maximum atomic E-state index is 13.5. The Hall–Kier alpha value is -1.14. The zero-order valence-electron chi connectivity index (χ0n) is 15.4. The molecule has 2 aliphatic heterocycles. The highest BCUT2D eigenvalue weighted by Crippen LogP contribution is 2.27. The van der Waals surface area contributed by atoms with Gasteiger partial charge in [-0.2, -0.15) is 0 Å². The number of ether oxygens (including phenoxy) is 1. The number of carbonyl (C=O) groups is 1. The zero-order valence-corrected chi connectivity index (χ0v) is 17.0. The number of rotatable bonds is 6. The molecule has 2 heterocycles. The molecule has 0 bridgehead atoms. The second-order valence-corrected chi connectivity index (χ2v) is 8.43. The molecule has 1 aromatic carbocycles. The molecule has 0 radical (unpaired) electrons. The van der Waals surface area contributed by atoms with Crippen LogP contribution in [0.5, 0.6) is 0 Å². The van der Waals surface area contributed by atoms with Crippen LogP contribution in [0.3, 0.4) is 0 Å². The Kier molecular flexibility index (Phi) is 6.92. The molecular weight excluding hydrogens is 399 g/mol. The summed E-state index contributed by atoms with van der Waals surface area (Å²) in [6.07, 6.45) is 3.99. The van der Waals surface area contributed by atoms with Crippen LogP contribution < -0.4 is 0 Å². The van der Waals surface area contributed by atoms with Crippen LogP contribution in [0, 0.1) is 17.7 Å². The van der Waals surface area contributed by atoms with E-state index in [9.17, 15) is 9.18 Å². The average Bonchev–Trinajstić information content (AvgIpc) is 2.63. The van der Waals surface area contributed by atoms with Crippen molar-refractivity contribution in [3.8, 4) is 0 Å². The molecule has 1 unspecified atom stereocenters. The lowest BCUT2D eigenvalue weighted by Gasteiger charge is -2.37. The molecule has 2 aliphatic rings. The van der Waals surface area contributed by atoms with Crippen molar-refractivity contribution in [1.82, 2.24) is 9.80 Å². The van der Waals surface area contributed by atoms with E-state index in [1.807, 2.05) is 4.90 Å². The quantitative estimate of drug-likeness (QED) is 0.678. The first-order chi connectivity index (χ1) is 12.5. The van der Waals surface area contributed by atoms with Crippen LogP contribution in [0.1, 0.15) is 31.7 Å². The molecule has 1 amide bonds. The second kappa shape index (κ2) is 9.18. The number of nitrogens with zero attached hydrogens (tertiary/aromatic N) is 2. The van der Waals surface area contributed by atoms with E-state index in [0.717, 1.165) is 68.4 Å². The van der Waals surface area contributed by atoms with Gasteiger partial charge in [-0.25, -0.2) is 9.18 Å². The van der Waals surface area contributed by atoms with Crippen molar-refractivity contribution in [2.24, 2.45) is 11.8 Å². The highest BCUT2D eigenvalue weighted by Gasteiger charge is 2.29. The van der Waals surface area contributed by atoms with Crippen LogP contribution in [-0.4, -0.2) is 55.2 Å². The molecule has 0 saturated carbocycles. The molecule has 2 fully saturated rings. The topological polar surface area (TPSA) is 32.8 Å². The summed E-state index contributed by atoms with van der Waals surface area (Å²) in [5, 5.41) is 0. The molecule has 6 heteroatoms. The van der Waals surface area contributed by atoms with Crippen molar-refractivity contribution in [1.29, 1.82) is 0 Å². The summed E-state index contributed by atoms with van der Waals surface area (Å²) < 4.78 is 19.8. The number of hydrogen-bond acceptors (Lipinski definition) is 3. The van der Waals surface area contributed by atoms with E-state index < -0.39 is 0 Å². The third-order valence-electron chi connectivity index (χ3n) is 5.41. The van der Waals surface area contributed by atoms with Crippen molar-refractivity contribution in [2.45, 2.75) is 32.6 Å². The molecule has 1 atom stereocenters. The Balaban J connectivity index is 1.45. The van der Waals surface area contributed by atoms with Gasteiger partial charge in [0.2, 0.25) is 0 Å². The minimum atomic E-state index is -0.164. The number of carbonyl (C=O) groups excluding carboxylic acids is 1. The number of hydrogen-bond donors (Lipinski definition) is 0. The molecular formula is C20H28BrFN2O2. The van der Waals surface area contributed by atoms with Crippen molar-refractivity contribution in [3.05, 3.63) is 34.1 Å². The number of amides is 1.